The average Bonchev–Trinajstić information content (AvgIpc) is 2.64. The summed E-state index contributed by atoms with van der Waals surface area (Å²) < 4.78 is 20.7. The number of benzene rings is 2. The lowest BCUT2D eigenvalue weighted by atomic mass is 10.1. The Morgan fingerprint density at radius 3 is 2.16 bits per heavy atom. The van der Waals surface area contributed by atoms with Crippen molar-refractivity contribution in [1.29, 1.82) is 0 Å². The van der Waals surface area contributed by atoms with Gasteiger partial charge in [0, 0.05) is 6.07 Å². The Kier molecular flexibility index (Phi) is 5.78. The van der Waals surface area contributed by atoms with Crippen LogP contribution in [0.25, 0.3) is 0 Å². The van der Waals surface area contributed by atoms with Crippen LogP contribution in [0.3, 0.4) is 0 Å². The molecule has 8 nitrogen and oxygen atoms in total. The first kappa shape index (κ1) is 18.1. The van der Waals surface area contributed by atoms with Crippen LogP contribution < -0.4 is 14.2 Å². The van der Waals surface area contributed by atoms with Crippen molar-refractivity contribution in [2.24, 2.45) is 0 Å². The number of para-hydroxylation sites is 1. The van der Waals surface area contributed by atoms with Crippen molar-refractivity contribution in [3.8, 4) is 17.2 Å². The molecule has 2 rings (SSSR count). The number of nitro benzene ring substituents is 1. The summed E-state index contributed by atoms with van der Waals surface area (Å²) in [5.74, 6) is 0.289. The number of carbonyl (C=O) groups is 1. The van der Waals surface area contributed by atoms with Crippen LogP contribution in [-0.4, -0.2) is 32.2 Å². The maximum absolute atomic E-state index is 12.3. The normalized spacial score (nSPS) is 10.0. The van der Waals surface area contributed by atoms with Gasteiger partial charge in [-0.05, 0) is 18.2 Å². The molecule has 0 atom stereocenters. The lowest BCUT2D eigenvalue weighted by Gasteiger charge is -2.13. The van der Waals surface area contributed by atoms with E-state index in [4.69, 9.17) is 18.9 Å². The standard InChI is InChI=1S/C17H17NO7/c1-22-14-8-12(9-15(23-2)16(14)24-3)17(19)25-10-11-6-4-5-7-13(11)18(20)21/h4-9H,10H2,1-3H3. The van der Waals surface area contributed by atoms with Gasteiger partial charge in [-0.15, -0.1) is 0 Å². The van der Waals surface area contributed by atoms with E-state index < -0.39 is 10.9 Å². The number of ether oxygens (including phenoxy) is 4. The van der Waals surface area contributed by atoms with E-state index in [1.807, 2.05) is 0 Å². The van der Waals surface area contributed by atoms with Gasteiger partial charge in [-0.25, -0.2) is 4.79 Å². The second kappa shape index (κ2) is 8.00. The van der Waals surface area contributed by atoms with E-state index in [1.165, 1.54) is 45.6 Å². The van der Waals surface area contributed by atoms with Crippen LogP contribution in [0.1, 0.15) is 15.9 Å². The van der Waals surface area contributed by atoms with Gasteiger partial charge in [0.05, 0.1) is 37.4 Å². The Bertz CT molecular complexity index is 763. The summed E-state index contributed by atoms with van der Waals surface area (Å²) in [7, 11) is 4.31. The fraction of sp³-hybridized carbons (Fsp3) is 0.235. The molecule has 2 aromatic carbocycles. The Morgan fingerprint density at radius 1 is 1.04 bits per heavy atom. The van der Waals surface area contributed by atoms with Gasteiger partial charge in [-0.1, -0.05) is 12.1 Å². The summed E-state index contributed by atoms with van der Waals surface area (Å²) in [5, 5.41) is 11.0. The molecule has 0 N–H and O–H groups in total. The van der Waals surface area contributed by atoms with Crippen LogP contribution in [0, 0.1) is 10.1 Å². The molecule has 0 radical (unpaired) electrons. The van der Waals surface area contributed by atoms with Gasteiger partial charge in [-0.3, -0.25) is 10.1 Å². The topological polar surface area (TPSA) is 97.1 Å². The fourth-order valence-corrected chi connectivity index (χ4v) is 2.24. The number of esters is 1. The Balaban J connectivity index is 2.23. The molecule has 0 saturated heterocycles. The van der Waals surface area contributed by atoms with Crippen LogP contribution in [-0.2, 0) is 11.3 Å². The van der Waals surface area contributed by atoms with E-state index >= 15 is 0 Å². The molecule has 0 aliphatic carbocycles. The second-order valence-corrected chi connectivity index (χ2v) is 4.88. The SMILES string of the molecule is COc1cc(C(=O)OCc2ccccc2[N+](=O)[O-])cc(OC)c1OC. The van der Waals surface area contributed by atoms with Crippen molar-refractivity contribution in [2.45, 2.75) is 6.61 Å². The minimum Gasteiger partial charge on any atom is -0.493 e. The number of nitrogens with zero attached hydrogens (tertiary/aromatic N) is 1. The van der Waals surface area contributed by atoms with Crippen molar-refractivity contribution >= 4 is 11.7 Å². The van der Waals surface area contributed by atoms with E-state index in [0.29, 0.717) is 22.8 Å². The molecule has 0 bridgehead atoms. The molecule has 2 aromatic rings. The third-order valence-electron chi connectivity index (χ3n) is 3.45. The van der Waals surface area contributed by atoms with Gasteiger partial charge < -0.3 is 18.9 Å². The van der Waals surface area contributed by atoms with Crippen LogP contribution >= 0.6 is 0 Å². The third kappa shape index (κ3) is 3.97. The van der Waals surface area contributed by atoms with E-state index in [-0.39, 0.29) is 17.9 Å². The van der Waals surface area contributed by atoms with Crippen molar-refractivity contribution in [3.05, 3.63) is 57.6 Å². The molecule has 0 aliphatic rings. The number of carbonyl (C=O) groups excluding carboxylic acids is 1. The van der Waals surface area contributed by atoms with Crippen molar-refractivity contribution < 1.29 is 28.7 Å². The molecule has 25 heavy (non-hydrogen) atoms. The predicted molar refractivity (Wildman–Crippen MR) is 88.3 cm³/mol. The third-order valence-corrected chi connectivity index (χ3v) is 3.45. The van der Waals surface area contributed by atoms with Gasteiger partial charge in [-0.2, -0.15) is 0 Å². The first-order chi connectivity index (χ1) is 12.0. The van der Waals surface area contributed by atoms with Gasteiger partial charge in [0.2, 0.25) is 5.75 Å². The molecule has 0 aliphatic heterocycles. The van der Waals surface area contributed by atoms with E-state index in [2.05, 4.69) is 0 Å². The zero-order chi connectivity index (χ0) is 18.4. The number of hydrogen-bond acceptors (Lipinski definition) is 7. The summed E-state index contributed by atoms with van der Waals surface area (Å²) >= 11 is 0. The highest BCUT2D eigenvalue weighted by molar-refractivity contribution is 5.91. The maximum atomic E-state index is 12.3. The zero-order valence-corrected chi connectivity index (χ0v) is 14.0. The molecular formula is C17H17NO7. The summed E-state index contributed by atoms with van der Waals surface area (Å²) in [5.41, 5.74) is 0.363. The summed E-state index contributed by atoms with van der Waals surface area (Å²) in [6, 6.07) is 8.95. The maximum Gasteiger partial charge on any atom is 0.338 e. The Hall–Kier alpha value is -3.29. The Labute approximate surface area is 144 Å². The molecule has 0 unspecified atom stereocenters. The highest BCUT2D eigenvalue weighted by Gasteiger charge is 2.19. The molecular weight excluding hydrogens is 330 g/mol. The quantitative estimate of drug-likeness (QED) is 0.431. The fourth-order valence-electron chi connectivity index (χ4n) is 2.24. The van der Waals surface area contributed by atoms with Crippen molar-refractivity contribution in [2.75, 3.05) is 21.3 Å². The molecule has 0 amide bonds. The molecule has 0 fully saturated rings. The molecule has 132 valence electrons. The Morgan fingerprint density at radius 2 is 1.64 bits per heavy atom. The van der Waals surface area contributed by atoms with Gasteiger partial charge in [0.15, 0.2) is 11.5 Å². The van der Waals surface area contributed by atoms with E-state index in [0.717, 1.165) is 0 Å². The summed E-state index contributed by atoms with van der Waals surface area (Å²) in [4.78, 5) is 22.8. The van der Waals surface area contributed by atoms with Gasteiger partial charge in [0.25, 0.3) is 5.69 Å². The van der Waals surface area contributed by atoms with Crippen LogP contribution in [0.4, 0.5) is 5.69 Å². The summed E-state index contributed by atoms with van der Waals surface area (Å²) in [6.07, 6.45) is 0. The number of methoxy groups -OCH3 is 3. The number of nitro groups is 1. The molecule has 0 saturated carbocycles. The summed E-state index contributed by atoms with van der Waals surface area (Å²) in [6.45, 7) is -0.230. The average molecular weight is 347 g/mol. The smallest absolute Gasteiger partial charge is 0.338 e. The van der Waals surface area contributed by atoms with Crippen molar-refractivity contribution in [3.63, 3.8) is 0 Å². The minimum absolute atomic E-state index is 0.111. The minimum atomic E-state index is -0.669. The number of hydrogen-bond donors (Lipinski definition) is 0. The van der Waals surface area contributed by atoms with Crippen LogP contribution in [0.2, 0.25) is 0 Å². The van der Waals surface area contributed by atoms with Gasteiger partial charge in [0.1, 0.15) is 6.61 Å². The lowest BCUT2D eigenvalue weighted by Crippen LogP contribution is -2.08. The van der Waals surface area contributed by atoms with Gasteiger partial charge >= 0.3 is 5.97 Å². The highest BCUT2D eigenvalue weighted by atomic mass is 16.6. The molecule has 8 heteroatoms. The molecule has 0 aromatic heterocycles. The predicted octanol–water partition coefficient (Wildman–Crippen LogP) is 2.98. The first-order valence-electron chi connectivity index (χ1n) is 7.21. The van der Waals surface area contributed by atoms with E-state index in [1.54, 1.807) is 12.1 Å². The second-order valence-electron chi connectivity index (χ2n) is 4.88. The lowest BCUT2D eigenvalue weighted by molar-refractivity contribution is -0.385. The monoisotopic (exact) mass is 347 g/mol. The zero-order valence-electron chi connectivity index (χ0n) is 14.0. The van der Waals surface area contributed by atoms with E-state index in [9.17, 15) is 14.9 Å². The van der Waals surface area contributed by atoms with Crippen molar-refractivity contribution in [1.82, 2.24) is 0 Å². The first-order valence-corrected chi connectivity index (χ1v) is 7.21. The largest absolute Gasteiger partial charge is 0.493 e. The molecule has 0 spiro atoms. The number of rotatable bonds is 7. The van der Waals surface area contributed by atoms with Crippen LogP contribution in [0.5, 0.6) is 17.2 Å². The van der Waals surface area contributed by atoms with Crippen LogP contribution in [0.15, 0.2) is 36.4 Å². The highest BCUT2D eigenvalue weighted by Crippen LogP contribution is 2.38. The molecule has 0 heterocycles.